The second-order valence-electron chi connectivity index (χ2n) is 5.47. The van der Waals surface area contributed by atoms with Gasteiger partial charge in [0.1, 0.15) is 5.60 Å². The molecular weight excluding hydrogens is 225 g/mol. The van der Waals surface area contributed by atoms with E-state index >= 15 is 0 Å². The molecule has 2 unspecified atom stereocenters. The summed E-state index contributed by atoms with van der Waals surface area (Å²) in [6.07, 6.45) is -0.535. The van der Waals surface area contributed by atoms with Gasteiger partial charge in [-0.05, 0) is 39.5 Å². The number of carbonyl (C=O) groups excluding carboxylic acids is 2. The molecule has 1 aliphatic rings. The molecule has 17 heavy (non-hydrogen) atoms. The summed E-state index contributed by atoms with van der Waals surface area (Å²) in [5.74, 6) is 0.0581. The summed E-state index contributed by atoms with van der Waals surface area (Å²) < 4.78 is 18.1. The Balaban J connectivity index is 2.39. The van der Waals surface area contributed by atoms with E-state index in [9.17, 15) is 14.0 Å². The van der Waals surface area contributed by atoms with Crippen molar-refractivity contribution in [2.75, 3.05) is 13.1 Å². The zero-order chi connectivity index (χ0) is 13.1. The maximum absolute atomic E-state index is 12.9. The molecule has 2 atom stereocenters. The van der Waals surface area contributed by atoms with Crippen molar-refractivity contribution < 1.29 is 18.7 Å². The summed E-state index contributed by atoms with van der Waals surface area (Å²) in [5.41, 5.74) is -0.513. The van der Waals surface area contributed by atoms with Crippen LogP contribution in [0.5, 0.6) is 0 Å². The number of ether oxygens (including phenoxy) is 1. The van der Waals surface area contributed by atoms with Crippen LogP contribution in [0, 0.1) is 5.92 Å². The topological polar surface area (TPSA) is 46.6 Å². The van der Waals surface area contributed by atoms with Crippen LogP contribution in [0.25, 0.3) is 0 Å². The standard InChI is InChI=1S/C12H20FNO3/c1-12(2,3)17-11(16)14-5-4-9(7-14)6-10(13)8-15/h8-10H,4-7H2,1-3H3. The highest BCUT2D eigenvalue weighted by Gasteiger charge is 2.30. The number of hydrogen-bond acceptors (Lipinski definition) is 3. The van der Waals surface area contributed by atoms with E-state index in [-0.39, 0.29) is 18.4 Å². The van der Waals surface area contributed by atoms with E-state index in [0.717, 1.165) is 6.42 Å². The molecule has 1 amide bonds. The fraction of sp³-hybridized carbons (Fsp3) is 0.833. The fourth-order valence-electron chi connectivity index (χ4n) is 1.89. The molecule has 1 rings (SSSR count). The summed E-state index contributed by atoms with van der Waals surface area (Å²) in [6, 6.07) is 0. The minimum atomic E-state index is -1.42. The average Bonchev–Trinajstić information content (AvgIpc) is 2.63. The van der Waals surface area contributed by atoms with Gasteiger partial charge in [0.05, 0.1) is 0 Å². The van der Waals surface area contributed by atoms with Gasteiger partial charge in [0, 0.05) is 13.1 Å². The number of nitrogens with zero attached hydrogens (tertiary/aromatic N) is 1. The van der Waals surface area contributed by atoms with Crippen LogP contribution in [-0.4, -0.2) is 42.1 Å². The third-order valence-electron chi connectivity index (χ3n) is 2.64. The smallest absolute Gasteiger partial charge is 0.410 e. The normalized spacial score (nSPS) is 22.4. The highest BCUT2D eigenvalue weighted by molar-refractivity contribution is 5.68. The van der Waals surface area contributed by atoms with Crippen LogP contribution in [0.3, 0.4) is 0 Å². The monoisotopic (exact) mass is 245 g/mol. The molecule has 98 valence electrons. The number of amides is 1. The zero-order valence-electron chi connectivity index (χ0n) is 10.6. The highest BCUT2D eigenvalue weighted by atomic mass is 19.1. The Hall–Kier alpha value is -1.13. The van der Waals surface area contributed by atoms with Crippen molar-refractivity contribution in [2.24, 2.45) is 5.92 Å². The van der Waals surface area contributed by atoms with E-state index in [1.807, 2.05) is 20.8 Å². The Kier molecular flexibility index (Phi) is 4.48. The van der Waals surface area contributed by atoms with Crippen LogP contribution < -0.4 is 0 Å². The quantitative estimate of drug-likeness (QED) is 0.716. The highest BCUT2D eigenvalue weighted by Crippen LogP contribution is 2.23. The summed E-state index contributed by atoms with van der Waals surface area (Å²) in [6.45, 7) is 6.47. The number of rotatable bonds is 3. The van der Waals surface area contributed by atoms with Gasteiger partial charge in [-0.2, -0.15) is 0 Å². The molecular formula is C12H20FNO3. The molecule has 0 bridgehead atoms. The lowest BCUT2D eigenvalue weighted by Gasteiger charge is -2.24. The maximum atomic E-state index is 12.9. The van der Waals surface area contributed by atoms with Crippen LogP contribution in [0.4, 0.5) is 9.18 Å². The lowest BCUT2D eigenvalue weighted by molar-refractivity contribution is -0.112. The first-order valence-corrected chi connectivity index (χ1v) is 5.89. The Morgan fingerprint density at radius 3 is 2.76 bits per heavy atom. The Labute approximate surface area is 101 Å². The number of carbonyl (C=O) groups is 2. The molecule has 1 aliphatic heterocycles. The maximum Gasteiger partial charge on any atom is 0.410 e. The van der Waals surface area contributed by atoms with Crippen LogP contribution in [0.1, 0.15) is 33.6 Å². The first-order valence-electron chi connectivity index (χ1n) is 5.89. The molecule has 0 aromatic rings. The molecule has 0 saturated carbocycles. The SMILES string of the molecule is CC(C)(C)OC(=O)N1CCC(CC(F)C=O)C1. The van der Waals surface area contributed by atoms with E-state index in [1.54, 1.807) is 4.90 Å². The van der Waals surface area contributed by atoms with Gasteiger partial charge in [-0.3, -0.25) is 0 Å². The molecule has 1 saturated heterocycles. The minimum Gasteiger partial charge on any atom is -0.444 e. The number of likely N-dealkylation sites (tertiary alicyclic amines) is 1. The van der Waals surface area contributed by atoms with Crippen molar-refractivity contribution in [2.45, 2.75) is 45.4 Å². The van der Waals surface area contributed by atoms with Gasteiger partial charge < -0.3 is 14.4 Å². The molecule has 1 heterocycles. The lowest BCUT2D eigenvalue weighted by Crippen LogP contribution is -2.35. The van der Waals surface area contributed by atoms with E-state index in [4.69, 9.17) is 4.74 Å². The van der Waals surface area contributed by atoms with Gasteiger partial charge in [0.25, 0.3) is 0 Å². The van der Waals surface area contributed by atoms with Crippen molar-refractivity contribution in [3.05, 3.63) is 0 Å². The molecule has 0 N–H and O–H groups in total. The summed E-state index contributed by atoms with van der Waals surface area (Å²) in [5, 5.41) is 0. The van der Waals surface area contributed by atoms with Crippen molar-refractivity contribution in [3.63, 3.8) is 0 Å². The summed E-state index contributed by atoms with van der Waals surface area (Å²) in [4.78, 5) is 23.5. The zero-order valence-corrected chi connectivity index (χ0v) is 10.6. The molecule has 4 nitrogen and oxygen atoms in total. The van der Waals surface area contributed by atoms with E-state index < -0.39 is 11.8 Å². The molecule has 0 aliphatic carbocycles. The van der Waals surface area contributed by atoms with Crippen molar-refractivity contribution >= 4 is 12.4 Å². The minimum absolute atomic E-state index is 0.0581. The van der Waals surface area contributed by atoms with E-state index in [1.165, 1.54) is 0 Å². The van der Waals surface area contributed by atoms with Crippen molar-refractivity contribution in [1.82, 2.24) is 4.90 Å². The van der Waals surface area contributed by atoms with Gasteiger partial charge in [-0.1, -0.05) is 0 Å². The average molecular weight is 245 g/mol. The molecule has 5 heteroatoms. The van der Waals surface area contributed by atoms with E-state index in [0.29, 0.717) is 19.4 Å². The van der Waals surface area contributed by atoms with Gasteiger partial charge >= 0.3 is 6.09 Å². The third kappa shape index (κ3) is 4.71. The van der Waals surface area contributed by atoms with Gasteiger partial charge in [0.2, 0.25) is 0 Å². The Bertz CT molecular complexity index is 288. The number of halogens is 1. The Morgan fingerprint density at radius 2 is 2.24 bits per heavy atom. The first kappa shape index (κ1) is 13.9. The molecule has 0 aromatic heterocycles. The van der Waals surface area contributed by atoms with Crippen molar-refractivity contribution in [3.8, 4) is 0 Å². The van der Waals surface area contributed by atoms with Gasteiger partial charge in [0.15, 0.2) is 12.5 Å². The molecule has 0 radical (unpaired) electrons. The predicted octanol–water partition coefficient (Wildman–Crippen LogP) is 2.17. The molecule has 0 aromatic carbocycles. The Morgan fingerprint density at radius 1 is 1.59 bits per heavy atom. The number of aldehydes is 1. The largest absolute Gasteiger partial charge is 0.444 e. The molecule has 0 spiro atoms. The number of hydrogen-bond donors (Lipinski definition) is 0. The van der Waals surface area contributed by atoms with Gasteiger partial charge in [-0.15, -0.1) is 0 Å². The van der Waals surface area contributed by atoms with Crippen LogP contribution in [0.15, 0.2) is 0 Å². The van der Waals surface area contributed by atoms with Crippen LogP contribution in [-0.2, 0) is 9.53 Å². The predicted molar refractivity (Wildman–Crippen MR) is 61.5 cm³/mol. The van der Waals surface area contributed by atoms with Crippen molar-refractivity contribution in [1.29, 1.82) is 0 Å². The lowest BCUT2D eigenvalue weighted by atomic mass is 10.0. The van der Waals surface area contributed by atoms with Crippen LogP contribution in [0.2, 0.25) is 0 Å². The summed E-state index contributed by atoms with van der Waals surface area (Å²) in [7, 11) is 0. The van der Waals surface area contributed by atoms with Gasteiger partial charge in [-0.25, -0.2) is 9.18 Å². The van der Waals surface area contributed by atoms with E-state index in [2.05, 4.69) is 0 Å². The second kappa shape index (κ2) is 5.47. The molecule has 1 fully saturated rings. The first-order chi connectivity index (χ1) is 7.81. The van der Waals surface area contributed by atoms with Crippen LogP contribution >= 0.6 is 0 Å². The second-order valence-corrected chi connectivity index (χ2v) is 5.47. The third-order valence-corrected chi connectivity index (χ3v) is 2.64. The fourth-order valence-corrected chi connectivity index (χ4v) is 1.89. The number of alkyl halides is 1. The summed E-state index contributed by atoms with van der Waals surface area (Å²) >= 11 is 0.